The minimum Gasteiger partial charge on any atom is -0.353 e. The molecule has 0 aliphatic carbocycles. The fourth-order valence-corrected chi connectivity index (χ4v) is 2.29. The summed E-state index contributed by atoms with van der Waals surface area (Å²) < 4.78 is 0. The first-order valence-corrected chi connectivity index (χ1v) is 5.92. The lowest BCUT2D eigenvalue weighted by Crippen LogP contribution is -2.20. The van der Waals surface area contributed by atoms with Crippen molar-refractivity contribution in [3.05, 3.63) is 40.5 Å². The highest BCUT2D eigenvalue weighted by atomic mass is 32.1. The van der Waals surface area contributed by atoms with E-state index in [9.17, 15) is 0 Å². The van der Waals surface area contributed by atoms with Gasteiger partial charge in [0.1, 0.15) is 0 Å². The van der Waals surface area contributed by atoms with Crippen LogP contribution in [-0.4, -0.2) is 17.0 Å². The molecule has 0 aliphatic rings. The van der Waals surface area contributed by atoms with Crippen molar-refractivity contribution in [2.75, 3.05) is 11.9 Å². The molecule has 0 radical (unpaired) electrons. The molecule has 0 atom stereocenters. The molecule has 84 valence electrons. The molecule has 2 aromatic heterocycles. The predicted octanol–water partition coefficient (Wildman–Crippen LogP) is 1.63. The maximum Gasteiger partial charge on any atom is 0.151 e. The Labute approximate surface area is 98.8 Å². The second kappa shape index (κ2) is 5.05. The second-order valence-corrected chi connectivity index (χ2v) is 4.50. The summed E-state index contributed by atoms with van der Waals surface area (Å²) in [5, 5.41) is 2.07. The Morgan fingerprint density at radius 2 is 2.19 bits per heavy atom. The van der Waals surface area contributed by atoms with E-state index < -0.39 is 0 Å². The van der Waals surface area contributed by atoms with Crippen LogP contribution in [-0.2, 0) is 13.1 Å². The predicted molar refractivity (Wildman–Crippen MR) is 66.3 cm³/mol. The maximum atomic E-state index is 5.64. The van der Waals surface area contributed by atoms with E-state index in [0.717, 1.165) is 18.1 Å². The molecule has 4 nitrogen and oxygen atoms in total. The first kappa shape index (κ1) is 11.0. The van der Waals surface area contributed by atoms with Gasteiger partial charge in [-0.2, -0.15) is 0 Å². The topological polar surface area (TPSA) is 55.0 Å². The van der Waals surface area contributed by atoms with Crippen LogP contribution in [0.5, 0.6) is 0 Å². The Morgan fingerprint density at radius 1 is 1.38 bits per heavy atom. The summed E-state index contributed by atoms with van der Waals surface area (Å²) in [7, 11) is 2.00. The monoisotopic (exact) mass is 234 g/mol. The van der Waals surface area contributed by atoms with Gasteiger partial charge in [0.15, 0.2) is 5.82 Å². The summed E-state index contributed by atoms with van der Waals surface area (Å²) in [6.45, 7) is 1.25. The van der Waals surface area contributed by atoms with Crippen molar-refractivity contribution >= 4 is 17.2 Å². The first-order valence-electron chi connectivity index (χ1n) is 5.04. The first-order chi connectivity index (χ1) is 7.81. The third-order valence-electron chi connectivity index (χ3n) is 2.28. The summed E-state index contributed by atoms with van der Waals surface area (Å²) in [5.74, 6) is 0.860. The van der Waals surface area contributed by atoms with E-state index in [4.69, 9.17) is 5.73 Å². The van der Waals surface area contributed by atoms with Crippen LogP contribution < -0.4 is 10.6 Å². The Balaban J connectivity index is 2.17. The molecule has 5 heteroatoms. The third kappa shape index (κ3) is 2.37. The molecular formula is C11H14N4S. The fraction of sp³-hybridized carbons (Fsp3) is 0.273. The molecule has 0 fully saturated rings. The summed E-state index contributed by atoms with van der Waals surface area (Å²) in [4.78, 5) is 11.9. The van der Waals surface area contributed by atoms with Crippen LogP contribution in [0.4, 0.5) is 5.82 Å². The van der Waals surface area contributed by atoms with E-state index >= 15 is 0 Å². The van der Waals surface area contributed by atoms with Crippen LogP contribution >= 0.6 is 11.3 Å². The van der Waals surface area contributed by atoms with E-state index in [-0.39, 0.29) is 0 Å². The standard InChI is InChI=1S/C11H14N4S/c1-15(8-9-3-2-6-16-9)11-10(7-12)13-4-5-14-11/h2-6H,7-8,12H2,1H3. The van der Waals surface area contributed by atoms with Crippen molar-refractivity contribution in [3.63, 3.8) is 0 Å². The lowest BCUT2D eigenvalue weighted by Gasteiger charge is -2.18. The quantitative estimate of drug-likeness (QED) is 0.873. The van der Waals surface area contributed by atoms with Crippen molar-refractivity contribution in [1.29, 1.82) is 0 Å². The van der Waals surface area contributed by atoms with Crippen molar-refractivity contribution in [2.45, 2.75) is 13.1 Å². The van der Waals surface area contributed by atoms with Gasteiger partial charge in [-0.05, 0) is 11.4 Å². The van der Waals surface area contributed by atoms with E-state index in [2.05, 4.69) is 26.3 Å². The van der Waals surface area contributed by atoms with Crippen LogP contribution in [0.1, 0.15) is 10.6 Å². The Kier molecular flexibility index (Phi) is 3.48. The number of rotatable bonds is 4. The number of hydrogen-bond acceptors (Lipinski definition) is 5. The SMILES string of the molecule is CN(Cc1cccs1)c1nccnc1CN. The Morgan fingerprint density at radius 3 is 2.88 bits per heavy atom. The average molecular weight is 234 g/mol. The van der Waals surface area contributed by atoms with Gasteiger partial charge >= 0.3 is 0 Å². The zero-order valence-corrected chi connectivity index (χ0v) is 9.94. The Hall–Kier alpha value is -1.46. The molecular weight excluding hydrogens is 220 g/mol. The summed E-state index contributed by atoms with van der Waals surface area (Å²) in [6, 6.07) is 4.16. The molecule has 2 heterocycles. The van der Waals surface area contributed by atoms with Gasteiger partial charge in [0.25, 0.3) is 0 Å². The van der Waals surface area contributed by atoms with Crippen molar-refractivity contribution in [1.82, 2.24) is 9.97 Å². The normalized spacial score (nSPS) is 10.4. The number of nitrogens with two attached hydrogens (primary N) is 1. The largest absolute Gasteiger partial charge is 0.353 e. The zero-order chi connectivity index (χ0) is 11.4. The maximum absolute atomic E-state index is 5.64. The lowest BCUT2D eigenvalue weighted by atomic mass is 10.3. The van der Waals surface area contributed by atoms with Gasteiger partial charge in [0, 0.05) is 30.9 Å². The van der Waals surface area contributed by atoms with Crippen LogP contribution in [0, 0.1) is 0 Å². The van der Waals surface area contributed by atoms with Crippen LogP contribution in [0.2, 0.25) is 0 Å². The van der Waals surface area contributed by atoms with Gasteiger partial charge in [0.05, 0.1) is 12.2 Å². The molecule has 0 saturated heterocycles. The van der Waals surface area contributed by atoms with Crippen molar-refractivity contribution in [3.8, 4) is 0 Å². The fourth-order valence-electron chi connectivity index (χ4n) is 1.53. The van der Waals surface area contributed by atoms with Gasteiger partial charge in [-0.3, -0.25) is 4.98 Å². The van der Waals surface area contributed by atoms with Crippen LogP contribution in [0.25, 0.3) is 0 Å². The molecule has 0 unspecified atom stereocenters. The summed E-state index contributed by atoms with van der Waals surface area (Å²) in [6.07, 6.45) is 3.37. The van der Waals surface area contributed by atoms with Gasteiger partial charge < -0.3 is 10.6 Å². The van der Waals surface area contributed by atoms with Crippen LogP contribution in [0.3, 0.4) is 0 Å². The van der Waals surface area contributed by atoms with Gasteiger partial charge in [-0.1, -0.05) is 6.07 Å². The van der Waals surface area contributed by atoms with Gasteiger partial charge in [-0.15, -0.1) is 11.3 Å². The van der Waals surface area contributed by atoms with Gasteiger partial charge in [0.2, 0.25) is 0 Å². The molecule has 0 aliphatic heterocycles. The number of nitrogens with zero attached hydrogens (tertiary/aromatic N) is 3. The van der Waals surface area contributed by atoms with Crippen molar-refractivity contribution < 1.29 is 0 Å². The smallest absolute Gasteiger partial charge is 0.151 e. The summed E-state index contributed by atoms with van der Waals surface area (Å²) >= 11 is 1.74. The molecule has 2 N–H and O–H groups in total. The Bertz CT molecular complexity index is 441. The number of hydrogen-bond donors (Lipinski definition) is 1. The zero-order valence-electron chi connectivity index (χ0n) is 9.13. The molecule has 16 heavy (non-hydrogen) atoms. The molecule has 0 spiro atoms. The highest BCUT2D eigenvalue weighted by Gasteiger charge is 2.09. The van der Waals surface area contributed by atoms with E-state index in [0.29, 0.717) is 6.54 Å². The van der Waals surface area contributed by atoms with E-state index in [1.807, 2.05) is 13.1 Å². The highest BCUT2D eigenvalue weighted by Crippen LogP contribution is 2.17. The highest BCUT2D eigenvalue weighted by molar-refractivity contribution is 7.09. The number of thiophene rings is 1. The van der Waals surface area contributed by atoms with E-state index in [1.165, 1.54) is 4.88 Å². The molecule has 2 aromatic rings. The third-order valence-corrected chi connectivity index (χ3v) is 3.14. The van der Waals surface area contributed by atoms with E-state index in [1.54, 1.807) is 23.7 Å². The summed E-state index contributed by atoms with van der Waals surface area (Å²) in [5.41, 5.74) is 6.47. The lowest BCUT2D eigenvalue weighted by molar-refractivity contribution is 0.861. The number of aromatic nitrogens is 2. The molecule has 0 amide bonds. The number of anilines is 1. The molecule has 0 saturated carbocycles. The van der Waals surface area contributed by atoms with Crippen molar-refractivity contribution in [2.24, 2.45) is 5.73 Å². The molecule has 0 aromatic carbocycles. The molecule has 0 bridgehead atoms. The van der Waals surface area contributed by atoms with Gasteiger partial charge in [-0.25, -0.2) is 4.98 Å². The average Bonchev–Trinajstić information content (AvgIpc) is 2.81. The minimum atomic E-state index is 0.415. The van der Waals surface area contributed by atoms with Crippen LogP contribution in [0.15, 0.2) is 29.9 Å². The second-order valence-electron chi connectivity index (χ2n) is 3.47. The minimum absolute atomic E-state index is 0.415. The molecule has 2 rings (SSSR count).